The summed E-state index contributed by atoms with van der Waals surface area (Å²) < 4.78 is 33.1. The molecule has 0 aliphatic carbocycles. The maximum atomic E-state index is 12.0. The SMILES string of the molecule is O=C(Nc1cccc(OC(F)F)c1)c1ccco1. The lowest BCUT2D eigenvalue weighted by atomic mass is 10.3. The molecule has 0 saturated carbocycles. The summed E-state index contributed by atoms with van der Waals surface area (Å²) in [5.74, 6) is -0.355. The zero-order valence-electron chi connectivity index (χ0n) is 9.10. The molecule has 1 aromatic heterocycles. The van der Waals surface area contributed by atoms with Crippen molar-refractivity contribution >= 4 is 11.6 Å². The number of benzene rings is 1. The monoisotopic (exact) mass is 253 g/mol. The molecule has 0 unspecified atom stereocenters. The Morgan fingerprint density at radius 2 is 2.11 bits per heavy atom. The van der Waals surface area contributed by atoms with Crippen molar-refractivity contribution in [2.24, 2.45) is 0 Å². The van der Waals surface area contributed by atoms with E-state index in [-0.39, 0.29) is 11.5 Å². The molecule has 0 fully saturated rings. The fourth-order valence-corrected chi connectivity index (χ4v) is 1.35. The first-order chi connectivity index (χ1) is 8.65. The second-order valence-electron chi connectivity index (χ2n) is 3.34. The van der Waals surface area contributed by atoms with Crippen LogP contribution < -0.4 is 10.1 Å². The predicted molar refractivity (Wildman–Crippen MR) is 59.7 cm³/mol. The van der Waals surface area contributed by atoms with Crippen LogP contribution in [-0.4, -0.2) is 12.5 Å². The van der Waals surface area contributed by atoms with Crippen molar-refractivity contribution in [1.29, 1.82) is 0 Å². The maximum Gasteiger partial charge on any atom is 0.387 e. The standard InChI is InChI=1S/C12H9F2NO3/c13-12(14)18-9-4-1-3-8(7-9)15-11(16)10-5-2-6-17-10/h1-7,12H,(H,15,16). The summed E-state index contributed by atoms with van der Waals surface area (Å²) in [6, 6.07) is 8.79. The number of carbonyl (C=O) groups excluding carboxylic acids is 1. The van der Waals surface area contributed by atoms with Gasteiger partial charge in [-0.2, -0.15) is 8.78 Å². The summed E-state index contributed by atoms with van der Waals surface area (Å²) in [7, 11) is 0. The van der Waals surface area contributed by atoms with Gasteiger partial charge in [0.25, 0.3) is 5.91 Å². The Morgan fingerprint density at radius 3 is 2.78 bits per heavy atom. The van der Waals surface area contributed by atoms with E-state index in [4.69, 9.17) is 4.42 Å². The number of rotatable bonds is 4. The Morgan fingerprint density at radius 1 is 1.28 bits per heavy atom. The van der Waals surface area contributed by atoms with Crippen LogP contribution in [0.5, 0.6) is 5.75 Å². The fraction of sp³-hybridized carbons (Fsp3) is 0.0833. The second-order valence-corrected chi connectivity index (χ2v) is 3.34. The first-order valence-electron chi connectivity index (χ1n) is 5.05. The van der Waals surface area contributed by atoms with E-state index < -0.39 is 12.5 Å². The molecule has 18 heavy (non-hydrogen) atoms. The number of carbonyl (C=O) groups is 1. The van der Waals surface area contributed by atoms with Gasteiger partial charge in [-0.3, -0.25) is 4.79 Å². The van der Waals surface area contributed by atoms with E-state index in [2.05, 4.69) is 10.1 Å². The quantitative estimate of drug-likeness (QED) is 0.910. The van der Waals surface area contributed by atoms with Crippen LogP contribution in [0.2, 0.25) is 0 Å². The van der Waals surface area contributed by atoms with Crippen LogP contribution in [0, 0.1) is 0 Å². The third-order valence-corrected chi connectivity index (χ3v) is 2.06. The smallest absolute Gasteiger partial charge is 0.387 e. The summed E-state index contributed by atoms with van der Waals surface area (Å²) in [6.45, 7) is -2.90. The average molecular weight is 253 g/mol. The van der Waals surface area contributed by atoms with Crippen LogP contribution in [0.3, 0.4) is 0 Å². The van der Waals surface area contributed by atoms with E-state index in [1.165, 1.54) is 30.5 Å². The number of alkyl halides is 2. The van der Waals surface area contributed by atoms with Gasteiger partial charge in [0.1, 0.15) is 5.75 Å². The Hall–Kier alpha value is -2.37. The molecule has 0 aliphatic rings. The van der Waals surface area contributed by atoms with E-state index in [9.17, 15) is 13.6 Å². The van der Waals surface area contributed by atoms with Crippen LogP contribution in [-0.2, 0) is 0 Å². The van der Waals surface area contributed by atoms with Crippen molar-refractivity contribution < 1.29 is 22.7 Å². The van der Waals surface area contributed by atoms with Gasteiger partial charge < -0.3 is 14.5 Å². The molecule has 0 saturated heterocycles. The van der Waals surface area contributed by atoms with Crippen LogP contribution in [0.25, 0.3) is 0 Å². The summed E-state index contributed by atoms with van der Waals surface area (Å²) in [5, 5.41) is 2.50. The third kappa shape index (κ3) is 3.07. The minimum atomic E-state index is -2.90. The lowest BCUT2D eigenvalue weighted by Crippen LogP contribution is -2.11. The van der Waals surface area contributed by atoms with Gasteiger partial charge >= 0.3 is 6.61 Å². The largest absolute Gasteiger partial charge is 0.459 e. The van der Waals surface area contributed by atoms with Gasteiger partial charge in [0.2, 0.25) is 0 Å². The molecule has 1 aromatic carbocycles. The summed E-state index contributed by atoms with van der Waals surface area (Å²) in [5.41, 5.74) is 0.342. The minimum absolute atomic E-state index is 0.0257. The number of ether oxygens (including phenoxy) is 1. The van der Waals surface area contributed by atoms with Crippen molar-refractivity contribution in [3.8, 4) is 5.75 Å². The highest BCUT2D eigenvalue weighted by Gasteiger charge is 2.10. The van der Waals surface area contributed by atoms with Crippen molar-refractivity contribution in [1.82, 2.24) is 0 Å². The molecule has 0 atom stereocenters. The third-order valence-electron chi connectivity index (χ3n) is 2.06. The number of nitrogens with one attached hydrogen (secondary N) is 1. The minimum Gasteiger partial charge on any atom is -0.459 e. The normalized spacial score (nSPS) is 10.4. The predicted octanol–water partition coefficient (Wildman–Crippen LogP) is 3.13. The van der Waals surface area contributed by atoms with Crippen LogP contribution in [0.4, 0.5) is 14.5 Å². The molecule has 2 aromatic rings. The van der Waals surface area contributed by atoms with Gasteiger partial charge in [0.15, 0.2) is 5.76 Å². The highest BCUT2D eigenvalue weighted by atomic mass is 19.3. The van der Waals surface area contributed by atoms with Crippen molar-refractivity contribution in [2.75, 3.05) is 5.32 Å². The van der Waals surface area contributed by atoms with Gasteiger partial charge in [-0.1, -0.05) is 6.07 Å². The van der Waals surface area contributed by atoms with E-state index in [1.54, 1.807) is 12.1 Å². The van der Waals surface area contributed by atoms with Gasteiger partial charge in [-0.15, -0.1) is 0 Å². The van der Waals surface area contributed by atoms with Gasteiger partial charge in [0.05, 0.1) is 6.26 Å². The van der Waals surface area contributed by atoms with E-state index in [0.29, 0.717) is 5.69 Å². The topological polar surface area (TPSA) is 51.5 Å². The molecule has 1 amide bonds. The zero-order valence-corrected chi connectivity index (χ0v) is 9.10. The lowest BCUT2D eigenvalue weighted by molar-refractivity contribution is -0.0497. The average Bonchev–Trinajstić information content (AvgIpc) is 2.81. The van der Waals surface area contributed by atoms with E-state index in [1.807, 2.05) is 0 Å². The lowest BCUT2D eigenvalue weighted by Gasteiger charge is -2.07. The fourth-order valence-electron chi connectivity index (χ4n) is 1.35. The molecule has 4 nitrogen and oxygen atoms in total. The number of anilines is 1. The Balaban J connectivity index is 2.07. The Bertz CT molecular complexity index is 526. The highest BCUT2D eigenvalue weighted by molar-refractivity contribution is 6.02. The molecular formula is C12H9F2NO3. The molecule has 1 heterocycles. The molecule has 1 N–H and O–H groups in total. The zero-order chi connectivity index (χ0) is 13.0. The molecule has 94 valence electrons. The number of halogens is 2. The molecule has 0 spiro atoms. The summed E-state index contributed by atoms with van der Waals surface area (Å²) >= 11 is 0. The summed E-state index contributed by atoms with van der Waals surface area (Å²) in [6.07, 6.45) is 1.37. The number of hydrogen-bond acceptors (Lipinski definition) is 3. The van der Waals surface area contributed by atoms with Crippen LogP contribution in [0.15, 0.2) is 47.1 Å². The first-order valence-corrected chi connectivity index (χ1v) is 5.05. The van der Waals surface area contributed by atoms with E-state index >= 15 is 0 Å². The van der Waals surface area contributed by atoms with Crippen LogP contribution in [0.1, 0.15) is 10.6 Å². The number of furan rings is 1. The second kappa shape index (κ2) is 5.31. The molecule has 0 aliphatic heterocycles. The first kappa shape index (κ1) is 12.1. The van der Waals surface area contributed by atoms with Gasteiger partial charge in [0, 0.05) is 11.8 Å². The Kier molecular flexibility index (Phi) is 3.57. The van der Waals surface area contributed by atoms with Crippen molar-refractivity contribution in [2.45, 2.75) is 6.61 Å². The van der Waals surface area contributed by atoms with Gasteiger partial charge in [-0.05, 0) is 24.3 Å². The highest BCUT2D eigenvalue weighted by Crippen LogP contribution is 2.19. The van der Waals surface area contributed by atoms with E-state index in [0.717, 1.165) is 0 Å². The molecular weight excluding hydrogens is 244 g/mol. The number of hydrogen-bond donors (Lipinski definition) is 1. The molecule has 0 bridgehead atoms. The maximum absolute atomic E-state index is 12.0. The number of amides is 1. The van der Waals surface area contributed by atoms with Crippen LogP contribution >= 0.6 is 0 Å². The van der Waals surface area contributed by atoms with Gasteiger partial charge in [-0.25, -0.2) is 0 Å². The van der Waals surface area contributed by atoms with Crippen molar-refractivity contribution in [3.05, 3.63) is 48.4 Å². The summed E-state index contributed by atoms with van der Waals surface area (Å²) in [4.78, 5) is 11.6. The van der Waals surface area contributed by atoms with Crippen molar-refractivity contribution in [3.63, 3.8) is 0 Å². The Labute approximate surface area is 101 Å². The molecule has 2 rings (SSSR count). The molecule has 0 radical (unpaired) electrons. The molecule has 6 heteroatoms.